The van der Waals surface area contributed by atoms with Crippen LogP contribution in [0.5, 0.6) is 0 Å². The fourth-order valence-corrected chi connectivity index (χ4v) is 4.78. The van der Waals surface area contributed by atoms with Crippen LogP contribution in [0.4, 0.5) is 0 Å². The molecule has 31 heavy (non-hydrogen) atoms. The maximum atomic E-state index is 13.5. The molecule has 1 unspecified atom stereocenters. The Labute approximate surface area is 180 Å². The molecule has 0 radical (unpaired) electrons. The summed E-state index contributed by atoms with van der Waals surface area (Å²) >= 11 is 0. The fraction of sp³-hybridized carbons (Fsp3) is 0.0870. The smallest absolute Gasteiger partial charge is 0.337 e. The zero-order valence-electron chi connectivity index (χ0n) is 16.8. The Morgan fingerprint density at radius 3 is 2.58 bits per heavy atom. The Bertz CT molecular complexity index is 1490. The molecular formula is C23H18N4O3S. The van der Waals surface area contributed by atoms with E-state index in [1.165, 1.54) is 7.11 Å². The zero-order chi connectivity index (χ0) is 21.5. The second kappa shape index (κ2) is 7.48. The lowest BCUT2D eigenvalue weighted by Gasteiger charge is -2.08. The molecule has 5 rings (SSSR count). The van der Waals surface area contributed by atoms with Crippen molar-refractivity contribution in [3.05, 3.63) is 72.3 Å². The first kappa shape index (κ1) is 19.2. The molecule has 5 aromatic rings. The van der Waals surface area contributed by atoms with E-state index in [1.807, 2.05) is 60.1 Å². The van der Waals surface area contributed by atoms with Gasteiger partial charge in [0.15, 0.2) is 0 Å². The van der Waals surface area contributed by atoms with Gasteiger partial charge in [-0.3, -0.25) is 0 Å². The van der Waals surface area contributed by atoms with Crippen LogP contribution in [0.15, 0.2) is 76.8 Å². The summed E-state index contributed by atoms with van der Waals surface area (Å²) in [5.74, 6) is 0.292. The number of benzene rings is 3. The molecule has 0 aliphatic heterocycles. The molecule has 0 saturated carbocycles. The molecule has 0 aliphatic rings. The molecule has 0 spiro atoms. The lowest BCUT2D eigenvalue weighted by molar-refractivity contribution is 0.0601. The number of hydrogen-bond acceptors (Lipinski definition) is 5. The maximum absolute atomic E-state index is 13.5. The van der Waals surface area contributed by atoms with Crippen molar-refractivity contribution in [1.29, 1.82) is 0 Å². The van der Waals surface area contributed by atoms with Crippen molar-refractivity contribution in [2.24, 2.45) is 7.05 Å². The Balaban J connectivity index is 1.60. The summed E-state index contributed by atoms with van der Waals surface area (Å²) in [5.41, 5.74) is 4.28. The van der Waals surface area contributed by atoms with Crippen LogP contribution in [0.3, 0.4) is 0 Å². The number of para-hydroxylation sites is 2. The highest BCUT2D eigenvalue weighted by atomic mass is 32.2. The summed E-state index contributed by atoms with van der Waals surface area (Å²) < 4.78 is 20.3. The van der Waals surface area contributed by atoms with Gasteiger partial charge in [0.1, 0.15) is 16.6 Å². The molecule has 154 valence electrons. The Kier molecular flexibility index (Phi) is 4.63. The van der Waals surface area contributed by atoms with Crippen molar-refractivity contribution in [2.45, 2.75) is 10.1 Å². The third-order valence-corrected chi connectivity index (χ3v) is 6.47. The van der Waals surface area contributed by atoms with Gasteiger partial charge in [0.25, 0.3) is 0 Å². The summed E-state index contributed by atoms with van der Waals surface area (Å²) in [6.07, 6.45) is 0. The monoisotopic (exact) mass is 430 g/mol. The highest BCUT2D eigenvalue weighted by Crippen LogP contribution is 2.30. The molecular weight excluding hydrogens is 412 g/mol. The van der Waals surface area contributed by atoms with E-state index in [9.17, 15) is 9.00 Å². The van der Waals surface area contributed by atoms with Gasteiger partial charge < -0.3 is 14.3 Å². The number of hydrogen-bond donors (Lipinski definition) is 1. The summed E-state index contributed by atoms with van der Waals surface area (Å²) in [5, 5.41) is 0.309. The third kappa shape index (κ3) is 3.21. The minimum atomic E-state index is -1.58. The summed E-state index contributed by atoms with van der Waals surface area (Å²) in [7, 11) is 1.70. The van der Waals surface area contributed by atoms with Gasteiger partial charge in [0.05, 0.1) is 39.6 Å². The number of esters is 1. The molecule has 1 N–H and O–H groups in total. The second-order valence-electron chi connectivity index (χ2n) is 7.01. The van der Waals surface area contributed by atoms with Crippen molar-refractivity contribution in [1.82, 2.24) is 19.5 Å². The molecule has 0 fully saturated rings. The number of aromatic amines is 1. The molecule has 0 amide bonds. The van der Waals surface area contributed by atoms with Crippen molar-refractivity contribution in [3.8, 4) is 11.4 Å². The van der Waals surface area contributed by atoms with Crippen LogP contribution >= 0.6 is 0 Å². The molecule has 0 saturated heterocycles. The summed E-state index contributed by atoms with van der Waals surface area (Å²) in [6.45, 7) is 0. The van der Waals surface area contributed by atoms with Crippen LogP contribution in [-0.4, -0.2) is 36.8 Å². The number of methoxy groups -OCH3 is 1. The van der Waals surface area contributed by atoms with E-state index in [0.29, 0.717) is 26.6 Å². The van der Waals surface area contributed by atoms with Gasteiger partial charge in [-0.15, -0.1) is 0 Å². The van der Waals surface area contributed by atoms with Gasteiger partial charge in [-0.1, -0.05) is 30.3 Å². The van der Waals surface area contributed by atoms with E-state index in [-0.39, 0.29) is 0 Å². The molecule has 0 bridgehead atoms. The molecule has 3 aromatic carbocycles. The van der Waals surface area contributed by atoms with Crippen LogP contribution in [0.25, 0.3) is 33.5 Å². The number of fused-ring (bicyclic) bond motifs is 2. The number of carbonyl (C=O) groups excluding carboxylic acids is 1. The van der Waals surface area contributed by atoms with Crippen molar-refractivity contribution < 1.29 is 13.7 Å². The number of nitrogens with one attached hydrogen (secondary N) is 1. The second-order valence-corrected chi connectivity index (χ2v) is 8.38. The maximum Gasteiger partial charge on any atom is 0.337 e. The SMILES string of the molecule is COC(=O)c1ccc2nc(S(=O)c3ccccc3-c3nc4ccccc4n3C)[nH]c2c1. The van der Waals surface area contributed by atoms with Gasteiger partial charge in [0, 0.05) is 12.6 Å². The van der Waals surface area contributed by atoms with E-state index in [4.69, 9.17) is 9.72 Å². The van der Waals surface area contributed by atoms with Crippen molar-refractivity contribution in [2.75, 3.05) is 7.11 Å². The van der Waals surface area contributed by atoms with Crippen LogP contribution in [0.1, 0.15) is 10.4 Å². The van der Waals surface area contributed by atoms with E-state index in [2.05, 4.69) is 9.97 Å². The van der Waals surface area contributed by atoms with E-state index in [1.54, 1.807) is 18.2 Å². The topological polar surface area (TPSA) is 89.9 Å². The first-order valence-electron chi connectivity index (χ1n) is 9.57. The van der Waals surface area contributed by atoms with Crippen LogP contribution in [0, 0.1) is 0 Å². The lowest BCUT2D eigenvalue weighted by atomic mass is 10.2. The van der Waals surface area contributed by atoms with Gasteiger partial charge in [-0.25, -0.2) is 19.0 Å². The van der Waals surface area contributed by atoms with Crippen LogP contribution in [0.2, 0.25) is 0 Å². The summed E-state index contributed by atoms with van der Waals surface area (Å²) in [6, 6.07) is 20.3. The van der Waals surface area contributed by atoms with Crippen LogP contribution in [-0.2, 0) is 22.6 Å². The normalized spacial score (nSPS) is 12.3. The number of carbonyl (C=O) groups is 1. The van der Waals surface area contributed by atoms with Crippen molar-refractivity contribution >= 4 is 38.8 Å². The van der Waals surface area contributed by atoms with Crippen molar-refractivity contribution in [3.63, 3.8) is 0 Å². The Hall–Kier alpha value is -3.78. The average molecular weight is 430 g/mol. The van der Waals surface area contributed by atoms with E-state index >= 15 is 0 Å². The first-order valence-corrected chi connectivity index (χ1v) is 10.7. The lowest BCUT2D eigenvalue weighted by Crippen LogP contribution is -2.01. The minimum Gasteiger partial charge on any atom is -0.465 e. The molecule has 7 nitrogen and oxygen atoms in total. The zero-order valence-corrected chi connectivity index (χ0v) is 17.6. The molecule has 2 aromatic heterocycles. The molecule has 2 heterocycles. The Morgan fingerprint density at radius 2 is 1.77 bits per heavy atom. The largest absolute Gasteiger partial charge is 0.465 e. The van der Waals surface area contributed by atoms with Gasteiger partial charge >= 0.3 is 5.97 Å². The number of aromatic nitrogens is 4. The predicted octanol–water partition coefficient (Wildman–Crippen LogP) is 4.07. The number of nitrogens with zero attached hydrogens (tertiary/aromatic N) is 3. The minimum absolute atomic E-state index is 0.309. The predicted molar refractivity (Wildman–Crippen MR) is 118 cm³/mol. The number of H-pyrrole nitrogens is 1. The molecule has 0 aliphatic carbocycles. The average Bonchev–Trinajstić information content (AvgIpc) is 3.39. The highest BCUT2D eigenvalue weighted by molar-refractivity contribution is 7.85. The first-order chi connectivity index (χ1) is 15.1. The Morgan fingerprint density at radius 1 is 1.00 bits per heavy atom. The standard InChI is InChI=1S/C23H18N4O3S/c1-27-19-9-5-4-8-17(19)24-21(27)15-7-3-6-10-20(15)31(29)23-25-16-12-11-14(22(28)30-2)13-18(16)26-23/h3-13H,1-2H3,(H,25,26). The quantitative estimate of drug-likeness (QED) is 0.434. The van der Waals surface area contributed by atoms with Gasteiger partial charge in [0.2, 0.25) is 5.16 Å². The van der Waals surface area contributed by atoms with Gasteiger partial charge in [-0.2, -0.15) is 0 Å². The number of imidazole rings is 2. The molecule has 1 atom stereocenters. The van der Waals surface area contributed by atoms with E-state index < -0.39 is 16.8 Å². The highest BCUT2D eigenvalue weighted by Gasteiger charge is 2.20. The van der Waals surface area contributed by atoms with Gasteiger partial charge in [-0.05, 0) is 36.4 Å². The number of aryl methyl sites for hydroxylation is 1. The third-order valence-electron chi connectivity index (χ3n) is 5.17. The van der Waals surface area contributed by atoms with Crippen LogP contribution < -0.4 is 0 Å². The number of rotatable bonds is 4. The molecule has 8 heteroatoms. The summed E-state index contributed by atoms with van der Waals surface area (Å²) in [4.78, 5) is 24.7. The number of ether oxygens (including phenoxy) is 1. The van der Waals surface area contributed by atoms with E-state index in [0.717, 1.165) is 22.4 Å². The fourth-order valence-electron chi connectivity index (χ4n) is 3.62.